The van der Waals surface area contributed by atoms with Crippen LogP contribution in [0.5, 0.6) is 5.75 Å². The summed E-state index contributed by atoms with van der Waals surface area (Å²) in [6.45, 7) is 7.98. The van der Waals surface area contributed by atoms with Crippen molar-refractivity contribution >= 4 is 7.12 Å². The summed E-state index contributed by atoms with van der Waals surface area (Å²) in [5.74, 6) is 0.364. The van der Waals surface area contributed by atoms with Crippen molar-refractivity contribution in [2.24, 2.45) is 0 Å². The minimum atomic E-state index is -0.388. The van der Waals surface area contributed by atoms with Gasteiger partial charge in [0.1, 0.15) is 11.6 Å². The summed E-state index contributed by atoms with van der Waals surface area (Å²) >= 11 is 0. The first-order valence-corrected chi connectivity index (χ1v) is 6.43. The molecule has 0 saturated carbocycles. The number of rotatable bonds is 3. The highest BCUT2D eigenvalue weighted by Gasteiger charge is 2.50. The lowest BCUT2D eigenvalue weighted by Crippen LogP contribution is -2.41. The Labute approximate surface area is 114 Å². The van der Waals surface area contributed by atoms with Crippen molar-refractivity contribution in [3.63, 3.8) is 0 Å². The van der Waals surface area contributed by atoms with Crippen LogP contribution in [0.15, 0.2) is 18.2 Å². The van der Waals surface area contributed by atoms with E-state index < -0.39 is 0 Å². The van der Waals surface area contributed by atoms with E-state index in [-0.39, 0.29) is 24.1 Å². The average Bonchev–Trinajstić information content (AvgIpc) is 2.47. The molecule has 0 aliphatic carbocycles. The molecule has 0 bridgehead atoms. The van der Waals surface area contributed by atoms with E-state index in [9.17, 15) is 4.39 Å². The molecule has 0 radical (unpaired) electrons. The smallest absolute Gasteiger partial charge is 0.462 e. The molecule has 0 amide bonds. The van der Waals surface area contributed by atoms with Gasteiger partial charge in [-0.25, -0.2) is 4.39 Å². The Morgan fingerprint density at radius 3 is 2.26 bits per heavy atom. The number of benzene rings is 1. The lowest BCUT2D eigenvalue weighted by atomic mass is 9.80. The molecule has 3 nitrogen and oxygen atoms in total. The van der Waals surface area contributed by atoms with Gasteiger partial charge in [0.15, 0.2) is 0 Å². The average molecular weight is 266 g/mol. The fourth-order valence-electron chi connectivity index (χ4n) is 2.13. The van der Waals surface area contributed by atoms with Gasteiger partial charge in [-0.1, -0.05) is 0 Å². The minimum absolute atomic E-state index is 0.285. The lowest BCUT2D eigenvalue weighted by Gasteiger charge is -2.32. The van der Waals surface area contributed by atoms with Crippen molar-refractivity contribution in [2.75, 3.05) is 7.11 Å². The van der Waals surface area contributed by atoms with Gasteiger partial charge in [-0.2, -0.15) is 0 Å². The van der Waals surface area contributed by atoms with Crippen LogP contribution in [0.25, 0.3) is 0 Å². The predicted octanol–water partition coefficient (Wildman–Crippen LogP) is 3.01. The first-order valence-electron chi connectivity index (χ1n) is 6.43. The standard InChI is InChI=1S/C14H20BFO3/c1-13(2)14(3,4)19-15(18-13)9-10-8-11(16)6-7-12(10)17-5/h6-8H,9H2,1-5H3. The minimum Gasteiger partial charge on any atom is -0.496 e. The monoisotopic (exact) mass is 266 g/mol. The molecule has 1 aliphatic rings. The van der Waals surface area contributed by atoms with Crippen LogP contribution in [-0.4, -0.2) is 25.4 Å². The highest BCUT2D eigenvalue weighted by atomic mass is 19.1. The van der Waals surface area contributed by atoms with Crippen molar-refractivity contribution in [2.45, 2.75) is 45.2 Å². The lowest BCUT2D eigenvalue weighted by molar-refractivity contribution is 0.00578. The van der Waals surface area contributed by atoms with Crippen LogP contribution in [0.1, 0.15) is 33.3 Å². The summed E-state index contributed by atoms with van der Waals surface area (Å²) in [7, 11) is 1.18. The molecule has 1 aliphatic heterocycles. The number of halogens is 1. The van der Waals surface area contributed by atoms with Gasteiger partial charge >= 0.3 is 7.12 Å². The Kier molecular flexibility index (Phi) is 3.62. The SMILES string of the molecule is COc1ccc(F)cc1CB1OC(C)(C)C(C)(C)O1. The zero-order chi connectivity index (χ0) is 14.3. The molecule has 0 aromatic heterocycles. The van der Waals surface area contributed by atoms with Crippen molar-refractivity contribution in [1.82, 2.24) is 0 Å². The van der Waals surface area contributed by atoms with Gasteiger partial charge in [0.25, 0.3) is 0 Å². The summed E-state index contributed by atoms with van der Waals surface area (Å²) in [5.41, 5.74) is -0.00259. The van der Waals surface area contributed by atoms with Gasteiger partial charge in [-0.15, -0.1) is 0 Å². The summed E-state index contributed by atoms with van der Waals surface area (Å²) < 4.78 is 30.4. The molecule has 2 rings (SSSR count). The fraction of sp³-hybridized carbons (Fsp3) is 0.571. The van der Waals surface area contributed by atoms with Crippen LogP contribution in [-0.2, 0) is 15.6 Å². The van der Waals surface area contributed by atoms with Crippen LogP contribution in [0.3, 0.4) is 0 Å². The van der Waals surface area contributed by atoms with E-state index in [0.717, 1.165) is 5.56 Å². The van der Waals surface area contributed by atoms with E-state index in [1.807, 2.05) is 27.7 Å². The van der Waals surface area contributed by atoms with E-state index in [0.29, 0.717) is 12.1 Å². The largest absolute Gasteiger partial charge is 0.496 e. The van der Waals surface area contributed by atoms with Crippen molar-refractivity contribution < 1.29 is 18.4 Å². The quantitative estimate of drug-likeness (QED) is 0.787. The van der Waals surface area contributed by atoms with Crippen LogP contribution in [0, 0.1) is 5.82 Å². The molecule has 1 aromatic carbocycles. The summed E-state index contributed by atoms with van der Waals surface area (Å²) in [4.78, 5) is 0. The Bertz CT molecular complexity index is 458. The third-order valence-corrected chi connectivity index (χ3v) is 3.93. The molecule has 19 heavy (non-hydrogen) atoms. The molecule has 0 atom stereocenters. The highest BCUT2D eigenvalue weighted by Crippen LogP contribution is 2.38. The van der Waals surface area contributed by atoms with E-state index >= 15 is 0 Å². The number of hydrogen-bond donors (Lipinski definition) is 0. The van der Waals surface area contributed by atoms with Crippen LogP contribution < -0.4 is 4.74 Å². The third-order valence-electron chi connectivity index (χ3n) is 3.93. The second-order valence-electron chi connectivity index (χ2n) is 5.85. The zero-order valence-corrected chi connectivity index (χ0v) is 12.1. The van der Waals surface area contributed by atoms with E-state index in [1.54, 1.807) is 13.2 Å². The number of methoxy groups -OCH3 is 1. The van der Waals surface area contributed by atoms with E-state index in [4.69, 9.17) is 14.0 Å². The second kappa shape index (κ2) is 4.80. The maximum Gasteiger partial charge on any atom is 0.462 e. The van der Waals surface area contributed by atoms with Crippen LogP contribution >= 0.6 is 0 Å². The first-order chi connectivity index (χ1) is 8.75. The zero-order valence-electron chi connectivity index (χ0n) is 12.1. The van der Waals surface area contributed by atoms with Gasteiger partial charge in [0.05, 0.1) is 18.3 Å². The maximum absolute atomic E-state index is 13.3. The van der Waals surface area contributed by atoms with Crippen LogP contribution in [0.4, 0.5) is 4.39 Å². The molecule has 0 spiro atoms. The molecule has 5 heteroatoms. The van der Waals surface area contributed by atoms with Crippen molar-refractivity contribution in [3.8, 4) is 5.75 Å². The molecule has 1 fully saturated rings. The summed E-state index contributed by atoms with van der Waals surface area (Å²) in [6.07, 6.45) is 0.466. The molecule has 0 unspecified atom stereocenters. The van der Waals surface area contributed by atoms with Gasteiger partial charge in [0, 0.05) is 6.32 Å². The van der Waals surface area contributed by atoms with Gasteiger partial charge in [0.2, 0.25) is 0 Å². The highest BCUT2D eigenvalue weighted by molar-refractivity contribution is 6.45. The normalized spacial score (nSPS) is 20.6. The number of ether oxygens (including phenoxy) is 1. The fourth-order valence-corrected chi connectivity index (χ4v) is 2.13. The van der Waals surface area contributed by atoms with Gasteiger partial charge < -0.3 is 14.0 Å². The molecular weight excluding hydrogens is 246 g/mol. The Morgan fingerprint density at radius 1 is 1.16 bits per heavy atom. The topological polar surface area (TPSA) is 27.7 Å². The van der Waals surface area contributed by atoms with Gasteiger partial charge in [-0.3, -0.25) is 0 Å². The number of hydrogen-bond acceptors (Lipinski definition) is 3. The molecular formula is C14H20BFO3. The van der Waals surface area contributed by atoms with Gasteiger partial charge in [-0.05, 0) is 51.5 Å². The van der Waals surface area contributed by atoms with Crippen molar-refractivity contribution in [1.29, 1.82) is 0 Å². The Morgan fingerprint density at radius 2 is 1.74 bits per heavy atom. The summed E-state index contributed by atoms with van der Waals surface area (Å²) in [6, 6.07) is 4.46. The Balaban J connectivity index is 2.17. The Hall–Kier alpha value is -1.07. The second-order valence-corrected chi connectivity index (χ2v) is 5.85. The third kappa shape index (κ3) is 2.77. The predicted molar refractivity (Wildman–Crippen MR) is 72.7 cm³/mol. The molecule has 1 aromatic rings. The molecule has 1 heterocycles. The maximum atomic E-state index is 13.3. The van der Waals surface area contributed by atoms with E-state index in [2.05, 4.69) is 0 Å². The summed E-state index contributed by atoms with van der Waals surface area (Å²) in [5, 5.41) is 0. The molecule has 104 valence electrons. The molecule has 1 saturated heterocycles. The van der Waals surface area contributed by atoms with Crippen molar-refractivity contribution in [3.05, 3.63) is 29.6 Å². The molecule has 0 N–H and O–H groups in total. The first kappa shape index (κ1) is 14.3. The van der Waals surface area contributed by atoms with E-state index in [1.165, 1.54) is 12.1 Å². The van der Waals surface area contributed by atoms with Crippen LogP contribution in [0.2, 0.25) is 0 Å².